The maximum absolute atomic E-state index is 13.2. The van der Waals surface area contributed by atoms with Gasteiger partial charge in [0, 0.05) is 17.0 Å². The van der Waals surface area contributed by atoms with Crippen LogP contribution in [0.25, 0.3) is 22.3 Å². The van der Waals surface area contributed by atoms with Crippen LogP contribution < -0.4 is 10.2 Å². The van der Waals surface area contributed by atoms with Crippen LogP contribution in [-0.4, -0.2) is 15.8 Å². The quantitative estimate of drug-likeness (QED) is 0.488. The molecule has 3 aromatic rings. The minimum Gasteiger partial charge on any atom is -0.504 e. The lowest BCUT2D eigenvalue weighted by molar-refractivity contribution is -0.150. The number of hydrogen-bond donors (Lipinski definition) is 2. The van der Waals surface area contributed by atoms with Crippen molar-refractivity contribution in [1.82, 2.24) is 0 Å². The number of fused-ring (bicyclic) bond motifs is 4. The van der Waals surface area contributed by atoms with Gasteiger partial charge in [0.15, 0.2) is 16.9 Å². The first kappa shape index (κ1) is 20.0. The van der Waals surface area contributed by atoms with E-state index < -0.39 is 0 Å². The van der Waals surface area contributed by atoms with E-state index in [0.717, 1.165) is 31.2 Å². The number of ether oxygens (including phenoxy) is 1. The molecule has 1 fully saturated rings. The second kappa shape index (κ2) is 6.28. The Morgan fingerprint density at radius 1 is 0.935 bits per heavy atom. The lowest BCUT2D eigenvalue weighted by atomic mass is 9.49. The Labute approximate surface area is 181 Å². The van der Waals surface area contributed by atoms with E-state index in [1.807, 2.05) is 12.1 Å². The molecule has 0 unspecified atom stereocenters. The third kappa shape index (κ3) is 2.72. The molecule has 2 aliphatic rings. The summed E-state index contributed by atoms with van der Waals surface area (Å²) in [6.45, 7) is 9.16. The second-order valence-corrected chi connectivity index (χ2v) is 10.2. The molecule has 2 heterocycles. The van der Waals surface area contributed by atoms with Gasteiger partial charge in [0.2, 0.25) is 0 Å². The molecule has 0 radical (unpaired) electrons. The smallest absolute Gasteiger partial charge is 0.197 e. The summed E-state index contributed by atoms with van der Waals surface area (Å²) in [6.07, 6.45) is 4.08. The summed E-state index contributed by atoms with van der Waals surface area (Å²) in [5.41, 5.74) is 1.57. The zero-order chi connectivity index (χ0) is 22.2. The van der Waals surface area contributed by atoms with Crippen LogP contribution in [0.15, 0.2) is 45.6 Å². The highest BCUT2D eigenvalue weighted by Crippen LogP contribution is 2.61. The molecule has 0 bridgehead atoms. The second-order valence-electron chi connectivity index (χ2n) is 10.2. The van der Waals surface area contributed by atoms with Crippen LogP contribution in [0.5, 0.6) is 17.2 Å². The van der Waals surface area contributed by atoms with Crippen molar-refractivity contribution in [3.05, 3.63) is 52.2 Å². The fraction of sp³-hybridized carbons (Fsp3) is 0.423. The lowest BCUT2D eigenvalue weighted by Crippen LogP contribution is -2.61. The van der Waals surface area contributed by atoms with Crippen LogP contribution in [0.1, 0.15) is 52.5 Å². The van der Waals surface area contributed by atoms with Crippen LogP contribution >= 0.6 is 0 Å². The van der Waals surface area contributed by atoms with Crippen molar-refractivity contribution in [1.29, 1.82) is 0 Å². The van der Waals surface area contributed by atoms with Crippen LogP contribution in [0.3, 0.4) is 0 Å². The Morgan fingerprint density at radius 2 is 1.71 bits per heavy atom. The van der Waals surface area contributed by atoms with Crippen LogP contribution in [0, 0.1) is 10.8 Å². The molecule has 5 nitrogen and oxygen atoms in total. The first-order valence-electron chi connectivity index (χ1n) is 10.9. The molecule has 2 N–H and O–H groups in total. The number of phenols is 2. The summed E-state index contributed by atoms with van der Waals surface area (Å²) in [5, 5.41) is 19.9. The van der Waals surface area contributed by atoms with Gasteiger partial charge in [0.1, 0.15) is 28.1 Å². The van der Waals surface area contributed by atoms with E-state index in [2.05, 4.69) is 27.7 Å². The largest absolute Gasteiger partial charge is 0.504 e. The molecule has 162 valence electrons. The van der Waals surface area contributed by atoms with E-state index in [-0.39, 0.29) is 33.4 Å². The first-order valence-corrected chi connectivity index (χ1v) is 10.9. The van der Waals surface area contributed by atoms with Gasteiger partial charge < -0.3 is 19.4 Å². The van der Waals surface area contributed by atoms with Crippen molar-refractivity contribution in [3.63, 3.8) is 0 Å². The summed E-state index contributed by atoms with van der Waals surface area (Å²) in [6, 6.07) is 9.63. The van der Waals surface area contributed by atoms with E-state index in [4.69, 9.17) is 9.15 Å². The third-order valence-electron chi connectivity index (χ3n) is 8.18. The standard InChI is InChI=1S/C26H28O5/c1-24(2)10-5-11-26(4)25(24,3)14-16-7-9-20-22(23(16)31-26)19(29)13-21(30-20)15-6-8-17(27)18(28)12-15/h6-9,12-13,27-28H,5,10-11,14H2,1-4H3/t25-,26+/m0/s1. The average Bonchev–Trinajstić information content (AvgIpc) is 2.69. The molecule has 1 aromatic heterocycles. The van der Waals surface area contributed by atoms with Crippen molar-refractivity contribution < 1.29 is 19.4 Å². The summed E-state index contributed by atoms with van der Waals surface area (Å²) < 4.78 is 12.8. The van der Waals surface area contributed by atoms with Crippen molar-refractivity contribution in [2.45, 2.75) is 59.0 Å². The highest BCUT2D eigenvalue weighted by atomic mass is 16.5. The number of benzene rings is 2. The monoisotopic (exact) mass is 420 g/mol. The van der Waals surface area contributed by atoms with Gasteiger partial charge in [-0.2, -0.15) is 0 Å². The Kier molecular flexibility index (Phi) is 4.05. The molecule has 31 heavy (non-hydrogen) atoms. The Balaban J connectivity index is 1.68. The number of aromatic hydroxyl groups is 2. The van der Waals surface area contributed by atoms with Crippen molar-refractivity contribution in [2.24, 2.45) is 10.8 Å². The molecule has 1 aliphatic heterocycles. The van der Waals surface area contributed by atoms with Gasteiger partial charge >= 0.3 is 0 Å². The maximum Gasteiger partial charge on any atom is 0.197 e. The Hall–Kier alpha value is -2.95. The lowest BCUT2D eigenvalue weighted by Gasteiger charge is -2.61. The van der Waals surface area contributed by atoms with E-state index >= 15 is 0 Å². The average molecular weight is 421 g/mol. The minimum absolute atomic E-state index is 0.0391. The van der Waals surface area contributed by atoms with Gasteiger partial charge in [-0.3, -0.25) is 4.79 Å². The summed E-state index contributed by atoms with van der Waals surface area (Å²) in [4.78, 5) is 13.2. The number of rotatable bonds is 1. The molecule has 5 rings (SSSR count). The van der Waals surface area contributed by atoms with Gasteiger partial charge in [-0.05, 0) is 67.9 Å². The molecular weight excluding hydrogens is 392 g/mol. The Bertz CT molecular complexity index is 1270. The van der Waals surface area contributed by atoms with Crippen LogP contribution in [-0.2, 0) is 6.42 Å². The maximum atomic E-state index is 13.2. The fourth-order valence-electron chi connectivity index (χ4n) is 5.67. The fourth-order valence-corrected chi connectivity index (χ4v) is 5.67. The topological polar surface area (TPSA) is 79.9 Å². The number of phenolic OH excluding ortho intramolecular Hbond substituents is 2. The molecular formula is C26H28O5. The molecule has 2 atom stereocenters. The molecule has 0 amide bonds. The molecule has 0 spiro atoms. The van der Waals surface area contributed by atoms with Crippen molar-refractivity contribution in [3.8, 4) is 28.6 Å². The predicted molar refractivity (Wildman–Crippen MR) is 120 cm³/mol. The highest BCUT2D eigenvalue weighted by molar-refractivity contribution is 5.87. The van der Waals surface area contributed by atoms with E-state index in [1.54, 1.807) is 6.07 Å². The number of hydrogen-bond acceptors (Lipinski definition) is 5. The summed E-state index contributed by atoms with van der Waals surface area (Å²) in [5.74, 6) is 0.490. The highest BCUT2D eigenvalue weighted by Gasteiger charge is 2.59. The zero-order valence-corrected chi connectivity index (χ0v) is 18.4. The van der Waals surface area contributed by atoms with Crippen LogP contribution in [0.2, 0.25) is 0 Å². The van der Waals surface area contributed by atoms with E-state index in [9.17, 15) is 15.0 Å². The molecule has 5 heteroatoms. The van der Waals surface area contributed by atoms with Crippen molar-refractivity contribution in [2.75, 3.05) is 0 Å². The first-order chi connectivity index (χ1) is 14.5. The molecule has 1 saturated carbocycles. The van der Waals surface area contributed by atoms with E-state index in [0.29, 0.717) is 28.0 Å². The molecule has 2 aromatic carbocycles. The van der Waals surface area contributed by atoms with Crippen molar-refractivity contribution >= 4 is 11.0 Å². The normalized spacial score (nSPS) is 26.7. The third-order valence-corrected chi connectivity index (χ3v) is 8.18. The van der Waals surface area contributed by atoms with E-state index in [1.165, 1.54) is 18.2 Å². The zero-order valence-electron chi connectivity index (χ0n) is 18.4. The Morgan fingerprint density at radius 3 is 2.45 bits per heavy atom. The van der Waals surface area contributed by atoms with Gasteiger partial charge in [-0.25, -0.2) is 0 Å². The van der Waals surface area contributed by atoms with Gasteiger partial charge in [-0.15, -0.1) is 0 Å². The van der Waals surface area contributed by atoms with Gasteiger partial charge in [0.25, 0.3) is 0 Å². The molecule has 1 aliphatic carbocycles. The SMILES string of the molecule is CC1(C)CCC[C@@]2(C)Oc3c(ccc4oc(-c5ccc(O)c(O)c5)cc(=O)c34)C[C@@]12C. The van der Waals surface area contributed by atoms with Gasteiger partial charge in [-0.1, -0.05) is 26.8 Å². The minimum atomic E-state index is -0.357. The molecule has 0 saturated heterocycles. The predicted octanol–water partition coefficient (Wildman–Crippen LogP) is 5.78. The summed E-state index contributed by atoms with van der Waals surface area (Å²) in [7, 11) is 0. The summed E-state index contributed by atoms with van der Waals surface area (Å²) >= 11 is 0. The van der Waals surface area contributed by atoms with Crippen LogP contribution in [0.4, 0.5) is 0 Å². The van der Waals surface area contributed by atoms with Gasteiger partial charge in [0.05, 0.1) is 0 Å².